The number of carbonyl (C=O) groups excluding carboxylic acids is 2. The number of benzene rings is 2. The normalized spacial score (nSPS) is 9.91. The molecule has 2 aromatic rings. The van der Waals surface area contributed by atoms with Gasteiger partial charge in [0, 0.05) is 11.3 Å². The molecular weight excluding hydrogens is 278 g/mol. The van der Waals surface area contributed by atoms with Gasteiger partial charge in [0.25, 0.3) is 5.91 Å². The second-order valence-electron chi connectivity index (χ2n) is 4.87. The predicted molar refractivity (Wildman–Crippen MR) is 86.6 cm³/mol. The van der Waals surface area contributed by atoms with Gasteiger partial charge in [-0.05, 0) is 36.8 Å². The average molecular weight is 295 g/mol. The number of carbonyl (C=O) groups is 2. The number of hydrogen-bond acceptors (Lipinski definition) is 3. The van der Waals surface area contributed by atoms with Crippen molar-refractivity contribution >= 4 is 23.1 Å². The molecule has 0 spiro atoms. The van der Waals surface area contributed by atoms with Crippen LogP contribution in [0, 0.1) is 6.92 Å². The zero-order valence-corrected chi connectivity index (χ0v) is 12.6. The number of hydrogen-bond donors (Lipinski definition) is 1. The van der Waals surface area contributed by atoms with Crippen molar-refractivity contribution in [2.24, 2.45) is 0 Å². The van der Waals surface area contributed by atoms with Crippen LogP contribution in [0.4, 0.5) is 5.69 Å². The Morgan fingerprint density at radius 1 is 1.05 bits per heavy atom. The molecule has 112 valence electrons. The van der Waals surface area contributed by atoms with Crippen molar-refractivity contribution in [2.45, 2.75) is 6.92 Å². The number of ether oxygens (including phenoxy) is 1. The lowest BCUT2D eigenvalue weighted by molar-refractivity contribution is -0.133. The molecule has 0 heterocycles. The molecule has 0 unspecified atom stereocenters. The van der Waals surface area contributed by atoms with Crippen molar-refractivity contribution in [1.82, 2.24) is 0 Å². The molecule has 0 saturated carbocycles. The number of anilines is 1. The van der Waals surface area contributed by atoms with Gasteiger partial charge < -0.3 is 10.1 Å². The SMILES string of the molecule is C=C(C(=O)OC)c1cccc(C(=O)Nc2ccc(C)cc2)c1. The van der Waals surface area contributed by atoms with E-state index in [0.717, 1.165) is 5.56 Å². The number of rotatable bonds is 4. The van der Waals surface area contributed by atoms with E-state index in [2.05, 4.69) is 16.6 Å². The fourth-order valence-corrected chi connectivity index (χ4v) is 1.93. The summed E-state index contributed by atoms with van der Waals surface area (Å²) in [4.78, 5) is 23.8. The van der Waals surface area contributed by atoms with E-state index in [1.54, 1.807) is 24.3 Å². The molecule has 2 aromatic carbocycles. The standard InChI is InChI=1S/C18H17NO3/c1-12-7-9-16(10-8-12)19-17(20)15-6-4-5-14(11-15)13(2)18(21)22-3/h4-11H,2H2,1,3H3,(H,19,20). The van der Waals surface area contributed by atoms with Crippen LogP contribution in [0.1, 0.15) is 21.5 Å². The molecule has 0 atom stereocenters. The van der Waals surface area contributed by atoms with Gasteiger partial charge >= 0.3 is 5.97 Å². The van der Waals surface area contributed by atoms with Crippen LogP contribution in [0.15, 0.2) is 55.1 Å². The summed E-state index contributed by atoms with van der Waals surface area (Å²) in [7, 11) is 1.29. The summed E-state index contributed by atoms with van der Waals surface area (Å²) < 4.78 is 4.63. The zero-order chi connectivity index (χ0) is 16.1. The van der Waals surface area contributed by atoms with Crippen LogP contribution in [-0.2, 0) is 9.53 Å². The number of amides is 1. The Kier molecular flexibility index (Phi) is 4.73. The Hall–Kier alpha value is -2.88. The summed E-state index contributed by atoms with van der Waals surface area (Å²) in [5.74, 6) is -0.764. The first kappa shape index (κ1) is 15.5. The quantitative estimate of drug-likeness (QED) is 0.694. The maximum Gasteiger partial charge on any atom is 0.337 e. The van der Waals surface area contributed by atoms with E-state index < -0.39 is 5.97 Å². The lowest BCUT2D eigenvalue weighted by atomic mass is 10.0. The molecule has 4 heteroatoms. The van der Waals surface area contributed by atoms with Gasteiger partial charge in [-0.3, -0.25) is 4.79 Å². The van der Waals surface area contributed by atoms with Gasteiger partial charge in [-0.2, -0.15) is 0 Å². The van der Waals surface area contributed by atoms with Crippen molar-refractivity contribution in [3.05, 3.63) is 71.8 Å². The summed E-state index contributed by atoms with van der Waals surface area (Å²) in [5, 5.41) is 2.81. The van der Waals surface area contributed by atoms with E-state index in [-0.39, 0.29) is 11.5 Å². The first-order chi connectivity index (χ1) is 10.5. The predicted octanol–water partition coefficient (Wildman–Crippen LogP) is 3.43. The molecule has 2 rings (SSSR count). The minimum Gasteiger partial charge on any atom is -0.465 e. The fourth-order valence-electron chi connectivity index (χ4n) is 1.93. The third-order valence-electron chi connectivity index (χ3n) is 3.21. The summed E-state index contributed by atoms with van der Waals surface area (Å²) in [6.45, 7) is 5.66. The van der Waals surface area contributed by atoms with Gasteiger partial charge in [-0.25, -0.2) is 4.79 Å². The molecule has 0 radical (unpaired) electrons. The summed E-state index contributed by atoms with van der Waals surface area (Å²) in [6.07, 6.45) is 0. The molecule has 1 amide bonds. The number of nitrogens with one attached hydrogen (secondary N) is 1. The lowest BCUT2D eigenvalue weighted by Crippen LogP contribution is -2.12. The van der Waals surface area contributed by atoms with E-state index in [1.807, 2.05) is 31.2 Å². The first-order valence-electron chi connectivity index (χ1n) is 6.77. The van der Waals surface area contributed by atoms with Gasteiger partial charge in [0.1, 0.15) is 0 Å². The van der Waals surface area contributed by atoms with Crippen LogP contribution in [0.2, 0.25) is 0 Å². The van der Waals surface area contributed by atoms with Crippen molar-refractivity contribution < 1.29 is 14.3 Å². The van der Waals surface area contributed by atoms with Gasteiger partial charge in [0.2, 0.25) is 0 Å². The molecule has 0 aliphatic heterocycles. The minimum absolute atomic E-state index is 0.215. The van der Waals surface area contributed by atoms with Gasteiger partial charge in [0.15, 0.2) is 0 Å². The lowest BCUT2D eigenvalue weighted by Gasteiger charge is -2.08. The zero-order valence-electron chi connectivity index (χ0n) is 12.6. The van der Waals surface area contributed by atoms with E-state index in [1.165, 1.54) is 7.11 Å². The van der Waals surface area contributed by atoms with Crippen molar-refractivity contribution in [3.63, 3.8) is 0 Å². The van der Waals surface area contributed by atoms with E-state index in [4.69, 9.17) is 0 Å². The van der Waals surface area contributed by atoms with Gasteiger partial charge in [0.05, 0.1) is 12.7 Å². The van der Waals surface area contributed by atoms with E-state index in [9.17, 15) is 9.59 Å². The molecule has 0 aliphatic rings. The van der Waals surface area contributed by atoms with Crippen molar-refractivity contribution in [1.29, 1.82) is 0 Å². The second kappa shape index (κ2) is 6.72. The van der Waals surface area contributed by atoms with E-state index >= 15 is 0 Å². The molecule has 0 aromatic heterocycles. The maximum atomic E-state index is 12.3. The van der Waals surface area contributed by atoms with Crippen LogP contribution in [0.25, 0.3) is 5.57 Å². The van der Waals surface area contributed by atoms with Crippen LogP contribution in [0.3, 0.4) is 0 Å². The summed E-state index contributed by atoms with van der Waals surface area (Å²) in [6, 6.07) is 14.2. The van der Waals surface area contributed by atoms with Crippen LogP contribution in [0.5, 0.6) is 0 Å². The highest BCUT2D eigenvalue weighted by Crippen LogP contribution is 2.17. The largest absolute Gasteiger partial charge is 0.465 e. The third-order valence-corrected chi connectivity index (χ3v) is 3.21. The fraction of sp³-hybridized carbons (Fsp3) is 0.111. The number of methoxy groups -OCH3 is 1. The second-order valence-corrected chi connectivity index (χ2v) is 4.87. The molecule has 1 N–H and O–H groups in total. The van der Waals surface area contributed by atoms with E-state index in [0.29, 0.717) is 16.8 Å². The topological polar surface area (TPSA) is 55.4 Å². The van der Waals surface area contributed by atoms with Crippen LogP contribution >= 0.6 is 0 Å². The maximum absolute atomic E-state index is 12.3. The molecule has 0 bridgehead atoms. The van der Waals surface area contributed by atoms with Crippen LogP contribution in [-0.4, -0.2) is 19.0 Å². The van der Waals surface area contributed by atoms with Crippen molar-refractivity contribution in [3.8, 4) is 0 Å². The Bertz CT molecular complexity index is 717. The Morgan fingerprint density at radius 2 is 1.68 bits per heavy atom. The Morgan fingerprint density at radius 3 is 2.32 bits per heavy atom. The molecule has 0 fully saturated rings. The Balaban J connectivity index is 2.18. The monoisotopic (exact) mass is 295 g/mol. The Labute approximate surface area is 129 Å². The van der Waals surface area contributed by atoms with Crippen molar-refractivity contribution in [2.75, 3.05) is 12.4 Å². The molecule has 0 aliphatic carbocycles. The summed E-state index contributed by atoms with van der Waals surface area (Å²) in [5.41, 5.74) is 3.06. The minimum atomic E-state index is -0.518. The number of aryl methyl sites for hydroxylation is 1. The highest BCUT2D eigenvalue weighted by molar-refractivity contribution is 6.16. The highest BCUT2D eigenvalue weighted by Gasteiger charge is 2.12. The highest BCUT2D eigenvalue weighted by atomic mass is 16.5. The molecule has 22 heavy (non-hydrogen) atoms. The number of esters is 1. The molecular formula is C18H17NO3. The summed E-state index contributed by atoms with van der Waals surface area (Å²) >= 11 is 0. The average Bonchev–Trinajstić information content (AvgIpc) is 2.55. The third kappa shape index (κ3) is 3.61. The van der Waals surface area contributed by atoms with Gasteiger partial charge in [-0.1, -0.05) is 36.4 Å². The smallest absolute Gasteiger partial charge is 0.337 e. The first-order valence-corrected chi connectivity index (χ1v) is 6.77. The molecule has 4 nitrogen and oxygen atoms in total. The van der Waals surface area contributed by atoms with Crippen LogP contribution < -0.4 is 5.32 Å². The van der Waals surface area contributed by atoms with Gasteiger partial charge in [-0.15, -0.1) is 0 Å². The molecule has 0 saturated heterocycles.